The lowest BCUT2D eigenvalue weighted by Crippen LogP contribution is -2.30. The van der Waals surface area contributed by atoms with E-state index >= 15 is 0 Å². The molecule has 2 aliphatic heterocycles. The van der Waals surface area contributed by atoms with Gasteiger partial charge in [0.2, 0.25) is 0 Å². The third-order valence-electron chi connectivity index (χ3n) is 7.30. The third-order valence-corrected chi connectivity index (χ3v) is 9.01. The Balaban J connectivity index is 1.31. The van der Waals surface area contributed by atoms with Crippen LogP contribution in [-0.2, 0) is 21.1 Å². The molecule has 2 aliphatic rings. The molecule has 5 rings (SSSR count). The van der Waals surface area contributed by atoms with Crippen molar-refractivity contribution >= 4 is 21.5 Å². The number of nitrogens with one attached hydrogen (secondary N) is 1. The number of hydrogen-bond acceptors (Lipinski definition) is 6. The molecule has 0 saturated carbocycles. The molecule has 3 aromatic rings. The first-order valence-corrected chi connectivity index (χ1v) is 14.8. The second-order valence-electron chi connectivity index (χ2n) is 10.3. The molecule has 200 valence electrons. The topological polar surface area (TPSA) is 102 Å². The fourth-order valence-corrected chi connectivity index (χ4v) is 6.78. The van der Waals surface area contributed by atoms with Crippen LogP contribution < -0.4 is 14.8 Å². The van der Waals surface area contributed by atoms with Crippen LogP contribution in [0.1, 0.15) is 47.6 Å². The van der Waals surface area contributed by atoms with Crippen LogP contribution in [0.3, 0.4) is 0 Å². The van der Waals surface area contributed by atoms with Crippen LogP contribution in [0, 0.1) is 13.8 Å². The number of sulfone groups is 1. The zero-order valence-corrected chi connectivity index (χ0v) is 22.5. The van der Waals surface area contributed by atoms with E-state index in [2.05, 4.69) is 43.4 Å². The van der Waals surface area contributed by atoms with Gasteiger partial charge in [-0.2, -0.15) is 0 Å². The number of carboxylic acid groups (broad SMARTS) is 1. The van der Waals surface area contributed by atoms with Gasteiger partial charge in [-0.3, -0.25) is 4.79 Å². The quantitative estimate of drug-likeness (QED) is 0.413. The maximum atomic E-state index is 11.7. The fraction of sp³-hybridized carbons (Fsp3) is 0.367. The molecule has 3 aromatic carbocycles. The molecule has 1 unspecified atom stereocenters. The van der Waals surface area contributed by atoms with Gasteiger partial charge in [0, 0.05) is 6.42 Å². The maximum absolute atomic E-state index is 11.7. The number of hydrogen-bond donors (Lipinski definition) is 2. The highest BCUT2D eigenvalue weighted by atomic mass is 32.2. The molecule has 0 spiro atoms. The van der Waals surface area contributed by atoms with Crippen LogP contribution >= 0.6 is 0 Å². The summed E-state index contributed by atoms with van der Waals surface area (Å²) in [6, 6.07) is 18.3. The van der Waals surface area contributed by atoms with Crippen molar-refractivity contribution in [1.29, 1.82) is 0 Å². The largest absolute Gasteiger partial charge is 0.490 e. The Bertz CT molecular complexity index is 1430. The van der Waals surface area contributed by atoms with Crippen molar-refractivity contribution in [2.24, 2.45) is 0 Å². The first-order chi connectivity index (χ1) is 18.2. The highest BCUT2D eigenvalue weighted by molar-refractivity contribution is 7.91. The van der Waals surface area contributed by atoms with Crippen molar-refractivity contribution < 1.29 is 27.8 Å². The summed E-state index contributed by atoms with van der Waals surface area (Å²) in [6.07, 6.45) is 1.57. The molecule has 8 heteroatoms. The van der Waals surface area contributed by atoms with Gasteiger partial charge in [-0.15, -0.1) is 0 Å². The summed E-state index contributed by atoms with van der Waals surface area (Å²) < 4.78 is 35.7. The lowest BCUT2D eigenvalue weighted by atomic mass is 9.92. The van der Waals surface area contributed by atoms with Crippen LogP contribution in [0.2, 0.25) is 0 Å². The summed E-state index contributed by atoms with van der Waals surface area (Å²) in [4.78, 5) is 10.9. The van der Waals surface area contributed by atoms with Gasteiger partial charge in [-0.1, -0.05) is 24.3 Å². The van der Waals surface area contributed by atoms with E-state index in [-0.39, 0.29) is 30.1 Å². The summed E-state index contributed by atoms with van der Waals surface area (Å²) >= 11 is 0. The highest BCUT2D eigenvalue weighted by Gasteiger charge is 2.25. The van der Waals surface area contributed by atoms with Gasteiger partial charge in [0.05, 0.1) is 23.2 Å². The Hall–Kier alpha value is -3.52. The van der Waals surface area contributed by atoms with E-state index in [9.17, 15) is 13.2 Å². The van der Waals surface area contributed by atoms with Crippen LogP contribution in [0.15, 0.2) is 54.6 Å². The van der Waals surface area contributed by atoms with E-state index in [4.69, 9.17) is 14.6 Å². The molecule has 0 aliphatic carbocycles. The minimum absolute atomic E-state index is 0.0156. The maximum Gasteiger partial charge on any atom is 0.303 e. The van der Waals surface area contributed by atoms with Crippen molar-refractivity contribution in [1.82, 2.24) is 0 Å². The molecule has 1 fully saturated rings. The lowest BCUT2D eigenvalue weighted by Gasteiger charge is -2.28. The van der Waals surface area contributed by atoms with Crippen molar-refractivity contribution in [2.75, 3.05) is 23.4 Å². The summed E-state index contributed by atoms with van der Waals surface area (Å²) in [5.41, 5.74) is 7.44. The van der Waals surface area contributed by atoms with Crippen LogP contribution in [0.5, 0.6) is 11.5 Å². The van der Waals surface area contributed by atoms with Gasteiger partial charge in [-0.25, -0.2) is 8.42 Å². The van der Waals surface area contributed by atoms with Gasteiger partial charge in [0.25, 0.3) is 0 Å². The normalized spacial score (nSPS) is 18.6. The lowest BCUT2D eigenvalue weighted by molar-refractivity contribution is -0.136. The van der Waals surface area contributed by atoms with E-state index in [1.807, 2.05) is 30.3 Å². The number of rotatable bonds is 7. The Labute approximate surface area is 223 Å². The Morgan fingerprint density at radius 1 is 1.05 bits per heavy atom. The number of fused-ring (bicyclic) bond motifs is 1. The van der Waals surface area contributed by atoms with Crippen molar-refractivity contribution in [3.05, 3.63) is 76.9 Å². The van der Waals surface area contributed by atoms with E-state index in [0.29, 0.717) is 25.9 Å². The minimum atomic E-state index is -2.92. The van der Waals surface area contributed by atoms with Crippen molar-refractivity contribution in [3.8, 4) is 22.6 Å². The zero-order valence-electron chi connectivity index (χ0n) is 21.7. The van der Waals surface area contributed by atoms with Gasteiger partial charge in [-0.05, 0) is 96.8 Å². The number of ether oxygens (including phenoxy) is 2. The predicted molar refractivity (Wildman–Crippen MR) is 148 cm³/mol. The van der Waals surface area contributed by atoms with Gasteiger partial charge < -0.3 is 19.9 Å². The summed E-state index contributed by atoms with van der Waals surface area (Å²) in [5.74, 6) is 1.10. The number of aliphatic carboxylic acids is 1. The van der Waals surface area contributed by atoms with E-state index in [0.717, 1.165) is 50.6 Å². The minimum Gasteiger partial charge on any atom is -0.490 e. The molecule has 38 heavy (non-hydrogen) atoms. The molecule has 2 heterocycles. The molecule has 0 bridgehead atoms. The van der Waals surface area contributed by atoms with Crippen LogP contribution in [0.25, 0.3) is 11.1 Å². The number of carbonyl (C=O) groups is 1. The average Bonchev–Trinajstić information content (AvgIpc) is 2.88. The summed E-state index contributed by atoms with van der Waals surface area (Å²) in [5, 5.41) is 12.5. The molecule has 2 N–H and O–H groups in total. The monoisotopic (exact) mass is 535 g/mol. The average molecular weight is 536 g/mol. The molecular formula is C30H33NO6S. The third kappa shape index (κ3) is 5.96. The van der Waals surface area contributed by atoms with E-state index < -0.39 is 15.8 Å². The molecular weight excluding hydrogens is 502 g/mol. The Kier molecular flexibility index (Phi) is 7.34. The standard InChI is InChI=1S/C30H33NO6S/c1-19-14-25(37-24-10-12-38(34,35)13-11-24)15-20(2)30(19)23-5-3-4-22(17-23)27-18-36-28-16-21(7-9-29(32)33)6-8-26(28)31-27/h3-6,8,14-17,24,27,31H,7,9-13,18H2,1-2H3,(H,32,33). The van der Waals surface area contributed by atoms with Crippen LogP contribution in [0.4, 0.5) is 5.69 Å². The van der Waals surface area contributed by atoms with E-state index in [1.165, 1.54) is 0 Å². The SMILES string of the molecule is Cc1cc(OC2CCS(=O)(=O)CC2)cc(C)c1-c1cccc(C2COc3cc(CCC(=O)O)ccc3N2)c1. The zero-order chi connectivity index (χ0) is 26.9. The number of benzene rings is 3. The first kappa shape index (κ1) is 26.1. The van der Waals surface area contributed by atoms with Crippen LogP contribution in [-0.4, -0.2) is 43.7 Å². The molecule has 1 atom stereocenters. The fourth-order valence-electron chi connectivity index (χ4n) is 5.33. The Morgan fingerprint density at radius 2 is 1.79 bits per heavy atom. The predicted octanol–water partition coefficient (Wildman–Crippen LogP) is 5.49. The van der Waals surface area contributed by atoms with Crippen molar-refractivity contribution in [3.63, 3.8) is 0 Å². The summed E-state index contributed by atoms with van der Waals surface area (Å²) in [7, 11) is -2.92. The number of carboxylic acids is 1. The molecule has 0 radical (unpaired) electrons. The van der Waals surface area contributed by atoms with Gasteiger partial charge >= 0.3 is 5.97 Å². The first-order valence-electron chi connectivity index (χ1n) is 13.0. The number of anilines is 1. The molecule has 0 amide bonds. The van der Waals surface area contributed by atoms with Gasteiger partial charge in [0.15, 0.2) is 9.84 Å². The van der Waals surface area contributed by atoms with Gasteiger partial charge in [0.1, 0.15) is 24.2 Å². The van der Waals surface area contributed by atoms with Crippen molar-refractivity contribution in [2.45, 2.75) is 51.7 Å². The Morgan fingerprint density at radius 3 is 2.50 bits per heavy atom. The molecule has 0 aromatic heterocycles. The highest BCUT2D eigenvalue weighted by Crippen LogP contribution is 2.37. The number of aryl methyl sites for hydroxylation is 3. The van der Waals surface area contributed by atoms with E-state index in [1.54, 1.807) is 0 Å². The summed E-state index contributed by atoms with van der Waals surface area (Å²) in [6.45, 7) is 4.63. The second-order valence-corrected chi connectivity index (χ2v) is 12.6. The smallest absolute Gasteiger partial charge is 0.303 e. The molecule has 7 nitrogen and oxygen atoms in total. The molecule has 1 saturated heterocycles. The second kappa shape index (κ2) is 10.7.